The van der Waals surface area contributed by atoms with Gasteiger partial charge in [0, 0.05) is 0 Å². The molecule has 1 aliphatic heterocycles. The molecular weight excluding hydrogens is 452 g/mol. The summed E-state index contributed by atoms with van der Waals surface area (Å²) in [7, 11) is 0. The van der Waals surface area contributed by atoms with Crippen molar-refractivity contribution in [1.82, 2.24) is 20.1 Å². The van der Waals surface area contributed by atoms with Crippen LogP contribution in [0.1, 0.15) is 29.9 Å². The van der Waals surface area contributed by atoms with E-state index in [1.165, 1.54) is 11.8 Å². The molecule has 0 fully saturated rings. The summed E-state index contributed by atoms with van der Waals surface area (Å²) < 4.78 is 18.3. The molecule has 34 heavy (non-hydrogen) atoms. The molecule has 0 saturated carbocycles. The SMILES string of the molecule is Cc1occc1-c1nnc(SCC(=O)N[C@@H](C)c2ccc3c(c2)OCO3)n1Cc1ccccc1. The fraction of sp³-hybridized carbons (Fsp3) is 0.240. The van der Waals surface area contributed by atoms with Crippen molar-refractivity contribution in [2.24, 2.45) is 0 Å². The Hall–Kier alpha value is -3.72. The number of nitrogens with zero attached hydrogens (tertiary/aromatic N) is 3. The van der Waals surface area contributed by atoms with Gasteiger partial charge in [-0.15, -0.1) is 10.2 Å². The molecule has 3 heterocycles. The largest absolute Gasteiger partial charge is 0.469 e. The van der Waals surface area contributed by atoms with Crippen LogP contribution in [0, 0.1) is 6.92 Å². The number of carbonyl (C=O) groups excluding carboxylic acids is 1. The van der Waals surface area contributed by atoms with E-state index in [9.17, 15) is 4.79 Å². The first-order valence-corrected chi connectivity index (χ1v) is 11.9. The number of aryl methyl sites for hydroxylation is 1. The summed E-state index contributed by atoms with van der Waals surface area (Å²) in [6.07, 6.45) is 1.64. The highest BCUT2D eigenvalue weighted by Crippen LogP contribution is 2.34. The van der Waals surface area contributed by atoms with E-state index in [4.69, 9.17) is 13.9 Å². The van der Waals surface area contributed by atoms with Crippen LogP contribution in [0.25, 0.3) is 11.4 Å². The molecule has 0 bridgehead atoms. The van der Waals surface area contributed by atoms with Gasteiger partial charge in [-0.1, -0.05) is 48.2 Å². The second kappa shape index (κ2) is 9.64. The number of carbonyl (C=O) groups is 1. The number of hydrogen-bond donors (Lipinski definition) is 1. The predicted molar refractivity (Wildman–Crippen MR) is 128 cm³/mol. The maximum absolute atomic E-state index is 12.7. The Kier molecular flexibility index (Phi) is 6.27. The number of rotatable bonds is 8. The maximum atomic E-state index is 12.7. The minimum Gasteiger partial charge on any atom is -0.469 e. The molecule has 5 rings (SSSR count). The van der Waals surface area contributed by atoms with Crippen LogP contribution in [0.3, 0.4) is 0 Å². The van der Waals surface area contributed by atoms with Gasteiger partial charge in [-0.3, -0.25) is 9.36 Å². The van der Waals surface area contributed by atoms with Crippen LogP contribution in [0.4, 0.5) is 0 Å². The van der Waals surface area contributed by atoms with Crippen molar-refractivity contribution < 1.29 is 18.7 Å². The Balaban J connectivity index is 1.29. The summed E-state index contributed by atoms with van der Waals surface area (Å²) in [5, 5.41) is 12.5. The number of fused-ring (bicyclic) bond motifs is 1. The third-order valence-electron chi connectivity index (χ3n) is 5.61. The van der Waals surface area contributed by atoms with Crippen LogP contribution in [0.5, 0.6) is 11.5 Å². The second-order valence-electron chi connectivity index (χ2n) is 7.96. The molecule has 8 nitrogen and oxygen atoms in total. The van der Waals surface area contributed by atoms with Gasteiger partial charge in [0.1, 0.15) is 5.76 Å². The van der Waals surface area contributed by atoms with Crippen LogP contribution in [-0.4, -0.2) is 33.2 Å². The Morgan fingerprint density at radius 2 is 1.94 bits per heavy atom. The van der Waals surface area contributed by atoms with Crippen LogP contribution in [-0.2, 0) is 11.3 Å². The zero-order valence-electron chi connectivity index (χ0n) is 18.9. The Morgan fingerprint density at radius 3 is 2.74 bits per heavy atom. The number of hydrogen-bond acceptors (Lipinski definition) is 7. The van der Waals surface area contributed by atoms with Gasteiger partial charge in [0.2, 0.25) is 12.7 Å². The van der Waals surface area contributed by atoms with Crippen molar-refractivity contribution in [3.63, 3.8) is 0 Å². The quantitative estimate of drug-likeness (QED) is 0.372. The monoisotopic (exact) mass is 476 g/mol. The molecule has 1 amide bonds. The lowest BCUT2D eigenvalue weighted by molar-refractivity contribution is -0.119. The molecule has 2 aromatic heterocycles. The smallest absolute Gasteiger partial charge is 0.231 e. The van der Waals surface area contributed by atoms with Crippen molar-refractivity contribution in [3.05, 3.63) is 77.7 Å². The topological polar surface area (TPSA) is 91.4 Å². The third-order valence-corrected chi connectivity index (χ3v) is 6.57. The summed E-state index contributed by atoms with van der Waals surface area (Å²) in [6, 6.07) is 17.5. The number of nitrogens with one attached hydrogen (secondary N) is 1. The normalized spacial score (nSPS) is 13.1. The lowest BCUT2D eigenvalue weighted by Gasteiger charge is -2.15. The molecule has 0 aliphatic carbocycles. The fourth-order valence-corrected chi connectivity index (χ4v) is 4.55. The zero-order valence-corrected chi connectivity index (χ0v) is 19.7. The molecule has 1 atom stereocenters. The first-order valence-electron chi connectivity index (χ1n) is 10.9. The summed E-state index contributed by atoms with van der Waals surface area (Å²) in [4.78, 5) is 12.7. The summed E-state index contributed by atoms with van der Waals surface area (Å²) in [5.74, 6) is 3.03. The van der Waals surface area contributed by atoms with Crippen LogP contribution < -0.4 is 14.8 Å². The number of furan rings is 1. The van der Waals surface area contributed by atoms with Crippen LogP contribution in [0.15, 0.2) is 70.4 Å². The van der Waals surface area contributed by atoms with Crippen molar-refractivity contribution in [2.75, 3.05) is 12.5 Å². The highest BCUT2D eigenvalue weighted by Gasteiger charge is 2.20. The minimum absolute atomic E-state index is 0.0922. The lowest BCUT2D eigenvalue weighted by atomic mass is 10.1. The molecule has 0 spiro atoms. The van der Waals surface area contributed by atoms with Gasteiger partial charge in [0.05, 0.1) is 30.2 Å². The molecular formula is C25H24N4O4S. The van der Waals surface area contributed by atoms with Gasteiger partial charge in [0.15, 0.2) is 22.5 Å². The Bertz CT molecular complexity index is 1300. The average Bonchev–Trinajstić information content (AvgIpc) is 3.58. The molecule has 2 aromatic carbocycles. The second-order valence-corrected chi connectivity index (χ2v) is 8.90. The van der Waals surface area contributed by atoms with E-state index in [2.05, 4.69) is 27.6 Å². The van der Waals surface area contributed by atoms with Crippen LogP contribution >= 0.6 is 11.8 Å². The van der Waals surface area contributed by atoms with Gasteiger partial charge >= 0.3 is 0 Å². The Morgan fingerprint density at radius 1 is 1.12 bits per heavy atom. The van der Waals surface area contributed by atoms with Crippen molar-refractivity contribution in [1.29, 1.82) is 0 Å². The van der Waals surface area contributed by atoms with Gasteiger partial charge in [-0.25, -0.2) is 0 Å². The highest BCUT2D eigenvalue weighted by atomic mass is 32.2. The zero-order chi connectivity index (χ0) is 23.5. The molecule has 1 N–H and O–H groups in total. The maximum Gasteiger partial charge on any atom is 0.231 e. The van der Waals surface area contributed by atoms with E-state index in [1.807, 2.05) is 60.9 Å². The van der Waals surface area contributed by atoms with Crippen molar-refractivity contribution in [2.45, 2.75) is 31.6 Å². The van der Waals surface area contributed by atoms with Crippen LogP contribution in [0.2, 0.25) is 0 Å². The van der Waals surface area contributed by atoms with E-state index in [0.29, 0.717) is 23.3 Å². The number of benzene rings is 2. The number of thioether (sulfide) groups is 1. The molecule has 9 heteroatoms. The van der Waals surface area contributed by atoms with Gasteiger partial charge < -0.3 is 19.2 Å². The third kappa shape index (κ3) is 4.65. The molecule has 0 saturated heterocycles. The van der Waals surface area contributed by atoms with E-state index in [-0.39, 0.29) is 24.5 Å². The number of amides is 1. The molecule has 1 aliphatic rings. The van der Waals surface area contributed by atoms with Gasteiger partial charge in [-0.2, -0.15) is 0 Å². The van der Waals surface area contributed by atoms with E-state index in [1.54, 1.807) is 6.26 Å². The molecule has 4 aromatic rings. The number of ether oxygens (including phenoxy) is 2. The highest BCUT2D eigenvalue weighted by molar-refractivity contribution is 7.99. The lowest BCUT2D eigenvalue weighted by Crippen LogP contribution is -2.28. The fourth-order valence-electron chi connectivity index (χ4n) is 3.80. The number of aromatic nitrogens is 3. The first-order chi connectivity index (χ1) is 16.6. The van der Waals surface area contributed by atoms with Gasteiger partial charge in [0.25, 0.3) is 0 Å². The standard InChI is InChI=1S/C25H24N4O4S/c1-16(19-8-9-21-22(12-19)33-15-32-21)26-23(30)14-34-25-28-27-24(20-10-11-31-17(20)2)29(25)13-18-6-4-3-5-7-18/h3-12,16H,13-15H2,1-2H3,(H,26,30)/t16-/m0/s1. The summed E-state index contributed by atoms with van der Waals surface area (Å²) >= 11 is 1.36. The average molecular weight is 477 g/mol. The summed E-state index contributed by atoms with van der Waals surface area (Å²) in [6.45, 7) is 4.65. The van der Waals surface area contributed by atoms with E-state index < -0.39 is 0 Å². The Labute approximate surface area is 201 Å². The molecule has 0 radical (unpaired) electrons. The first kappa shape index (κ1) is 22.1. The summed E-state index contributed by atoms with van der Waals surface area (Å²) in [5.41, 5.74) is 2.95. The van der Waals surface area contributed by atoms with Crippen molar-refractivity contribution in [3.8, 4) is 22.9 Å². The van der Waals surface area contributed by atoms with E-state index in [0.717, 1.165) is 28.2 Å². The molecule has 0 unspecified atom stereocenters. The van der Waals surface area contributed by atoms with Gasteiger partial charge in [-0.05, 0) is 43.2 Å². The predicted octanol–water partition coefficient (Wildman–Crippen LogP) is 4.59. The minimum atomic E-state index is -0.172. The molecule has 174 valence electrons. The van der Waals surface area contributed by atoms with Crippen molar-refractivity contribution >= 4 is 17.7 Å². The van der Waals surface area contributed by atoms with E-state index >= 15 is 0 Å².